The smallest absolute Gasteiger partial charge is 0.271 e. The summed E-state index contributed by atoms with van der Waals surface area (Å²) in [6, 6.07) is 0. The van der Waals surface area contributed by atoms with E-state index >= 15 is 0 Å². The molecule has 0 aliphatic carbocycles. The Morgan fingerprint density at radius 2 is 2.37 bits per heavy atom. The highest BCUT2D eigenvalue weighted by atomic mass is 32.2. The second-order valence-electron chi connectivity index (χ2n) is 5.25. The molecule has 0 radical (unpaired) electrons. The minimum Gasteiger partial charge on any atom is -0.395 e. The van der Waals surface area contributed by atoms with E-state index in [0.717, 1.165) is 6.42 Å². The number of thioether (sulfide) groups is 1. The van der Waals surface area contributed by atoms with Crippen LogP contribution in [-0.2, 0) is 6.54 Å². The van der Waals surface area contributed by atoms with E-state index in [-0.39, 0.29) is 10.7 Å². The fourth-order valence-corrected chi connectivity index (χ4v) is 3.64. The second-order valence-corrected chi connectivity index (χ2v) is 6.93. The van der Waals surface area contributed by atoms with Crippen LogP contribution in [0.5, 0.6) is 0 Å². The summed E-state index contributed by atoms with van der Waals surface area (Å²) in [5.74, 6) is 1.06. The van der Waals surface area contributed by atoms with Crippen molar-refractivity contribution in [3.63, 3.8) is 0 Å². The Morgan fingerprint density at radius 1 is 1.63 bits per heavy atom. The minimum absolute atomic E-state index is 0.117. The van der Waals surface area contributed by atoms with Gasteiger partial charge in [0.15, 0.2) is 0 Å². The molecule has 6 heteroatoms. The monoisotopic (exact) mass is 282 g/mol. The molecular weight excluding hydrogens is 260 g/mol. The maximum Gasteiger partial charge on any atom is 0.271 e. The number of anilines is 1. The van der Waals surface area contributed by atoms with Gasteiger partial charge in [-0.3, -0.25) is 9.48 Å². The number of hydrogen-bond acceptors (Lipinski definition) is 4. The first kappa shape index (κ1) is 14.2. The first-order valence-electron chi connectivity index (χ1n) is 6.72. The van der Waals surface area contributed by atoms with Crippen molar-refractivity contribution < 1.29 is 4.79 Å². The fourth-order valence-electron chi connectivity index (χ4n) is 2.39. The molecule has 2 rings (SSSR count). The molecule has 1 saturated heterocycles. The highest BCUT2D eigenvalue weighted by Gasteiger charge is 2.30. The van der Waals surface area contributed by atoms with Crippen LogP contribution in [0.15, 0.2) is 0 Å². The summed E-state index contributed by atoms with van der Waals surface area (Å²) >= 11 is 1.93. The molecule has 1 aliphatic rings. The third-order valence-corrected chi connectivity index (χ3v) is 5.15. The molecule has 3 N–H and O–H groups in total. The SMILES string of the molecule is CCn1nc(C)c(N)c1C(=O)NCC1(C)CCCS1. The molecule has 0 spiro atoms. The first-order chi connectivity index (χ1) is 8.97. The number of amides is 1. The van der Waals surface area contributed by atoms with Gasteiger partial charge < -0.3 is 11.1 Å². The van der Waals surface area contributed by atoms with Crippen molar-refractivity contribution in [2.45, 2.75) is 44.9 Å². The Hall–Kier alpha value is -1.17. The van der Waals surface area contributed by atoms with Crippen LogP contribution in [-0.4, -0.2) is 32.7 Å². The Bertz CT molecular complexity index is 477. The molecule has 1 unspecified atom stereocenters. The summed E-state index contributed by atoms with van der Waals surface area (Å²) < 4.78 is 1.83. The van der Waals surface area contributed by atoms with Crippen LogP contribution >= 0.6 is 11.8 Å². The number of nitrogens with one attached hydrogen (secondary N) is 1. The molecule has 2 heterocycles. The topological polar surface area (TPSA) is 72.9 Å². The van der Waals surface area contributed by atoms with Gasteiger partial charge >= 0.3 is 0 Å². The van der Waals surface area contributed by atoms with Crippen LogP contribution < -0.4 is 11.1 Å². The van der Waals surface area contributed by atoms with E-state index in [9.17, 15) is 4.79 Å². The van der Waals surface area contributed by atoms with Gasteiger partial charge in [0.1, 0.15) is 5.69 Å². The molecule has 5 nitrogen and oxygen atoms in total. The fraction of sp³-hybridized carbons (Fsp3) is 0.692. The van der Waals surface area contributed by atoms with E-state index in [2.05, 4.69) is 17.3 Å². The van der Waals surface area contributed by atoms with Gasteiger partial charge in [-0.25, -0.2) is 0 Å². The largest absolute Gasteiger partial charge is 0.395 e. The zero-order valence-electron chi connectivity index (χ0n) is 11.8. The van der Waals surface area contributed by atoms with Crippen LogP contribution in [0, 0.1) is 6.92 Å². The number of rotatable bonds is 4. The summed E-state index contributed by atoms with van der Waals surface area (Å²) in [6.45, 7) is 7.32. The van der Waals surface area contributed by atoms with Crippen LogP contribution in [0.2, 0.25) is 0 Å². The predicted octanol–water partition coefficient (Wildman–Crippen LogP) is 1.81. The molecule has 0 bridgehead atoms. The number of carbonyl (C=O) groups is 1. The number of nitrogen functional groups attached to an aromatic ring is 1. The molecule has 1 amide bonds. The van der Waals surface area contributed by atoms with Gasteiger partial charge in [0, 0.05) is 17.8 Å². The van der Waals surface area contributed by atoms with Crippen molar-refractivity contribution >= 4 is 23.4 Å². The maximum absolute atomic E-state index is 12.3. The minimum atomic E-state index is -0.117. The summed E-state index contributed by atoms with van der Waals surface area (Å²) in [7, 11) is 0. The average molecular weight is 282 g/mol. The quantitative estimate of drug-likeness (QED) is 0.883. The van der Waals surface area contributed by atoms with E-state index < -0.39 is 0 Å². The molecule has 1 fully saturated rings. The molecule has 0 saturated carbocycles. The Kier molecular flexibility index (Phi) is 4.08. The lowest BCUT2D eigenvalue weighted by atomic mass is 10.1. The molecule has 1 atom stereocenters. The van der Waals surface area contributed by atoms with Crippen molar-refractivity contribution in [2.24, 2.45) is 0 Å². The second kappa shape index (κ2) is 5.45. The van der Waals surface area contributed by atoms with Gasteiger partial charge in [-0.1, -0.05) is 0 Å². The van der Waals surface area contributed by atoms with Crippen molar-refractivity contribution in [1.82, 2.24) is 15.1 Å². The molecule has 106 valence electrons. The lowest BCUT2D eigenvalue weighted by Crippen LogP contribution is -2.37. The van der Waals surface area contributed by atoms with Crippen molar-refractivity contribution in [1.29, 1.82) is 0 Å². The van der Waals surface area contributed by atoms with E-state index in [0.29, 0.717) is 30.2 Å². The summed E-state index contributed by atoms with van der Waals surface area (Å²) in [5.41, 5.74) is 7.65. The maximum atomic E-state index is 12.3. The summed E-state index contributed by atoms with van der Waals surface area (Å²) in [6.07, 6.45) is 2.38. The molecule has 1 aliphatic heterocycles. The highest BCUT2D eigenvalue weighted by Crippen LogP contribution is 2.37. The zero-order chi connectivity index (χ0) is 14.0. The number of aryl methyl sites for hydroxylation is 2. The van der Waals surface area contributed by atoms with E-state index in [1.54, 1.807) is 4.68 Å². The Labute approximate surface area is 118 Å². The normalized spacial score (nSPS) is 22.7. The molecule has 1 aromatic rings. The van der Waals surface area contributed by atoms with Gasteiger partial charge in [-0.2, -0.15) is 16.9 Å². The van der Waals surface area contributed by atoms with Crippen LogP contribution in [0.25, 0.3) is 0 Å². The first-order valence-corrected chi connectivity index (χ1v) is 7.70. The third kappa shape index (κ3) is 2.88. The van der Waals surface area contributed by atoms with E-state index in [4.69, 9.17) is 5.73 Å². The average Bonchev–Trinajstić information content (AvgIpc) is 2.93. The number of nitrogens with zero attached hydrogens (tertiary/aromatic N) is 2. The van der Waals surface area contributed by atoms with Gasteiger partial charge in [-0.05, 0) is 39.4 Å². The Morgan fingerprint density at radius 3 is 2.95 bits per heavy atom. The van der Waals surface area contributed by atoms with E-state index in [1.165, 1.54) is 12.2 Å². The molecular formula is C13H22N4OS. The third-order valence-electron chi connectivity index (χ3n) is 3.61. The lowest BCUT2D eigenvalue weighted by molar-refractivity contribution is 0.0940. The highest BCUT2D eigenvalue weighted by molar-refractivity contribution is 8.00. The molecule has 19 heavy (non-hydrogen) atoms. The lowest BCUT2D eigenvalue weighted by Gasteiger charge is -2.22. The predicted molar refractivity (Wildman–Crippen MR) is 79.5 cm³/mol. The number of nitrogens with two attached hydrogens (primary N) is 1. The van der Waals surface area contributed by atoms with Gasteiger partial charge in [0.05, 0.1) is 11.4 Å². The molecule has 0 aromatic carbocycles. The van der Waals surface area contributed by atoms with Crippen molar-refractivity contribution in [3.8, 4) is 0 Å². The van der Waals surface area contributed by atoms with Crippen LogP contribution in [0.3, 0.4) is 0 Å². The Balaban J connectivity index is 2.07. The number of carbonyl (C=O) groups excluding carboxylic acids is 1. The van der Waals surface area contributed by atoms with Crippen molar-refractivity contribution in [2.75, 3.05) is 18.0 Å². The summed E-state index contributed by atoms with van der Waals surface area (Å²) in [5, 5.41) is 7.28. The zero-order valence-corrected chi connectivity index (χ0v) is 12.6. The van der Waals surface area contributed by atoms with Crippen LogP contribution in [0.4, 0.5) is 5.69 Å². The van der Waals surface area contributed by atoms with Crippen molar-refractivity contribution in [3.05, 3.63) is 11.4 Å². The standard InChI is InChI=1S/C13H22N4OS/c1-4-17-11(10(14)9(2)16-17)12(18)15-8-13(3)6-5-7-19-13/h4-8,14H2,1-3H3,(H,15,18). The number of aromatic nitrogens is 2. The van der Waals surface area contributed by atoms with Crippen LogP contribution in [0.1, 0.15) is 42.9 Å². The van der Waals surface area contributed by atoms with Gasteiger partial charge in [0.25, 0.3) is 5.91 Å². The van der Waals surface area contributed by atoms with E-state index in [1.807, 2.05) is 25.6 Å². The van der Waals surface area contributed by atoms with Gasteiger partial charge in [-0.15, -0.1) is 0 Å². The summed E-state index contributed by atoms with van der Waals surface area (Å²) in [4.78, 5) is 12.3. The van der Waals surface area contributed by atoms with Gasteiger partial charge in [0.2, 0.25) is 0 Å². The number of hydrogen-bond donors (Lipinski definition) is 2. The molecule has 1 aromatic heterocycles.